The molecule has 1 heterocycles. The van der Waals surface area contributed by atoms with Crippen LogP contribution in [0, 0.1) is 0 Å². The number of hydrogen-bond donors (Lipinski definition) is 1. The van der Waals surface area contributed by atoms with E-state index in [1.165, 1.54) is 13.5 Å². The van der Waals surface area contributed by atoms with E-state index in [-0.39, 0.29) is 12.1 Å². The van der Waals surface area contributed by atoms with E-state index in [0.717, 1.165) is 25.9 Å². The van der Waals surface area contributed by atoms with Gasteiger partial charge in [-0.2, -0.15) is 0 Å². The average Bonchev–Trinajstić information content (AvgIpc) is 2.46. The molecule has 19 heavy (non-hydrogen) atoms. The molecule has 2 unspecified atom stereocenters. The van der Waals surface area contributed by atoms with Crippen molar-refractivity contribution in [2.24, 2.45) is 0 Å². The second kappa shape index (κ2) is 8.51. The quantitative estimate of drug-likeness (QED) is 0.536. The first kappa shape index (κ1) is 16.4. The van der Waals surface area contributed by atoms with Crippen LogP contribution in [0.3, 0.4) is 0 Å². The van der Waals surface area contributed by atoms with Gasteiger partial charge in [-0.05, 0) is 46.1 Å². The van der Waals surface area contributed by atoms with Gasteiger partial charge in [0, 0.05) is 13.2 Å². The number of methoxy groups -OCH3 is 1. The van der Waals surface area contributed by atoms with E-state index >= 15 is 0 Å². The average molecular weight is 273 g/mol. The third kappa shape index (κ3) is 5.47. The Bertz CT molecular complexity index is 266. The second-order valence-corrected chi connectivity index (χ2v) is 5.24. The molecule has 112 valence electrons. The summed E-state index contributed by atoms with van der Waals surface area (Å²) in [5.41, 5.74) is -0.626. The van der Waals surface area contributed by atoms with Crippen molar-refractivity contribution in [2.75, 3.05) is 34.0 Å². The van der Waals surface area contributed by atoms with Gasteiger partial charge in [-0.25, -0.2) is 0 Å². The molecule has 0 spiro atoms. The van der Waals surface area contributed by atoms with Crippen LogP contribution in [0.4, 0.5) is 0 Å². The highest BCUT2D eigenvalue weighted by molar-refractivity contribution is 5.80. The van der Waals surface area contributed by atoms with E-state index in [1.54, 1.807) is 7.05 Å². The topological polar surface area (TPSA) is 56.8 Å². The molecule has 0 aromatic carbocycles. The summed E-state index contributed by atoms with van der Waals surface area (Å²) in [5, 5.41) is 3.01. The number of likely N-dealkylation sites (N-methyl/N-ethyl adjacent to an activating group) is 1. The van der Waals surface area contributed by atoms with Crippen LogP contribution in [0.5, 0.6) is 0 Å². The van der Waals surface area contributed by atoms with Crippen LogP contribution in [0.1, 0.15) is 39.0 Å². The standard InChI is InChI=1S/C14H27NO4/c1-14(15-2,13(16)17-3)8-6-9-18-11-12-7-4-5-10-19-12/h12,15H,4-11H2,1-3H3. The van der Waals surface area contributed by atoms with Crippen molar-refractivity contribution >= 4 is 5.97 Å². The Balaban J connectivity index is 2.13. The van der Waals surface area contributed by atoms with Gasteiger partial charge in [0.1, 0.15) is 5.54 Å². The molecule has 0 aromatic rings. The van der Waals surface area contributed by atoms with Gasteiger partial charge in [0.25, 0.3) is 0 Å². The first-order chi connectivity index (χ1) is 9.12. The largest absolute Gasteiger partial charge is 0.468 e. The molecular weight excluding hydrogens is 246 g/mol. The van der Waals surface area contributed by atoms with E-state index in [2.05, 4.69) is 5.32 Å². The van der Waals surface area contributed by atoms with Gasteiger partial charge >= 0.3 is 5.97 Å². The molecule has 0 aliphatic carbocycles. The fourth-order valence-electron chi connectivity index (χ4n) is 2.24. The molecule has 2 atom stereocenters. The molecule has 1 rings (SSSR count). The van der Waals surface area contributed by atoms with Gasteiger partial charge in [0.2, 0.25) is 0 Å². The normalized spacial score (nSPS) is 22.8. The van der Waals surface area contributed by atoms with Crippen molar-refractivity contribution in [3.63, 3.8) is 0 Å². The summed E-state index contributed by atoms with van der Waals surface area (Å²) < 4.78 is 16.0. The number of carbonyl (C=O) groups is 1. The number of carbonyl (C=O) groups excluding carboxylic acids is 1. The molecule has 0 bridgehead atoms. The van der Waals surface area contributed by atoms with E-state index in [1.807, 2.05) is 6.92 Å². The van der Waals surface area contributed by atoms with Crippen molar-refractivity contribution in [1.29, 1.82) is 0 Å². The minimum Gasteiger partial charge on any atom is -0.468 e. The molecular formula is C14H27NO4. The molecule has 0 radical (unpaired) electrons. The van der Waals surface area contributed by atoms with Crippen molar-refractivity contribution in [2.45, 2.75) is 50.7 Å². The van der Waals surface area contributed by atoms with E-state index in [0.29, 0.717) is 19.6 Å². The maximum absolute atomic E-state index is 11.6. The van der Waals surface area contributed by atoms with Crippen LogP contribution in [-0.2, 0) is 19.0 Å². The molecule has 1 aliphatic rings. The van der Waals surface area contributed by atoms with E-state index < -0.39 is 5.54 Å². The smallest absolute Gasteiger partial charge is 0.325 e. The Morgan fingerprint density at radius 3 is 2.84 bits per heavy atom. The maximum Gasteiger partial charge on any atom is 0.325 e. The van der Waals surface area contributed by atoms with Crippen molar-refractivity contribution in [3.8, 4) is 0 Å². The SMILES string of the molecule is CNC(C)(CCCOCC1CCCCO1)C(=O)OC. The molecule has 5 heteroatoms. The summed E-state index contributed by atoms with van der Waals surface area (Å²) in [7, 11) is 3.18. The van der Waals surface area contributed by atoms with Crippen LogP contribution in [0.25, 0.3) is 0 Å². The highest BCUT2D eigenvalue weighted by atomic mass is 16.5. The molecule has 0 amide bonds. The first-order valence-corrected chi connectivity index (χ1v) is 7.09. The molecule has 0 aromatic heterocycles. The summed E-state index contributed by atoms with van der Waals surface area (Å²) in [5.74, 6) is -0.231. The highest BCUT2D eigenvalue weighted by Crippen LogP contribution is 2.15. The van der Waals surface area contributed by atoms with Crippen molar-refractivity contribution < 1.29 is 19.0 Å². The van der Waals surface area contributed by atoms with Gasteiger partial charge in [-0.3, -0.25) is 4.79 Å². The Labute approximate surface area is 116 Å². The number of esters is 1. The fraction of sp³-hybridized carbons (Fsp3) is 0.929. The summed E-state index contributed by atoms with van der Waals surface area (Å²) in [6.45, 7) is 4.01. The van der Waals surface area contributed by atoms with Gasteiger partial charge < -0.3 is 19.5 Å². The summed E-state index contributed by atoms with van der Waals surface area (Å²) in [6.07, 6.45) is 5.26. The third-order valence-corrected chi connectivity index (χ3v) is 3.73. The lowest BCUT2D eigenvalue weighted by atomic mass is 9.96. The Kier molecular flexibility index (Phi) is 7.34. The molecule has 1 aliphatic heterocycles. The zero-order valence-corrected chi connectivity index (χ0v) is 12.4. The first-order valence-electron chi connectivity index (χ1n) is 7.09. The lowest BCUT2D eigenvalue weighted by Crippen LogP contribution is -2.48. The third-order valence-electron chi connectivity index (χ3n) is 3.73. The van der Waals surface area contributed by atoms with Crippen LogP contribution in [0.15, 0.2) is 0 Å². The van der Waals surface area contributed by atoms with Crippen LogP contribution < -0.4 is 5.32 Å². The lowest BCUT2D eigenvalue weighted by molar-refractivity contribution is -0.148. The number of rotatable bonds is 8. The van der Waals surface area contributed by atoms with Gasteiger partial charge in [-0.1, -0.05) is 0 Å². The molecule has 1 fully saturated rings. The highest BCUT2D eigenvalue weighted by Gasteiger charge is 2.31. The summed E-state index contributed by atoms with van der Waals surface area (Å²) in [6, 6.07) is 0. The van der Waals surface area contributed by atoms with Crippen LogP contribution in [0.2, 0.25) is 0 Å². The predicted octanol–water partition coefficient (Wildman–Crippen LogP) is 1.50. The lowest BCUT2D eigenvalue weighted by Gasteiger charge is -2.26. The summed E-state index contributed by atoms with van der Waals surface area (Å²) in [4.78, 5) is 11.6. The minimum atomic E-state index is -0.626. The van der Waals surface area contributed by atoms with E-state index in [4.69, 9.17) is 14.2 Å². The van der Waals surface area contributed by atoms with Crippen LogP contribution >= 0.6 is 0 Å². The number of ether oxygens (including phenoxy) is 3. The predicted molar refractivity (Wildman–Crippen MR) is 73.1 cm³/mol. The fourth-order valence-corrected chi connectivity index (χ4v) is 2.24. The van der Waals surface area contributed by atoms with Crippen molar-refractivity contribution in [3.05, 3.63) is 0 Å². The monoisotopic (exact) mass is 273 g/mol. The molecule has 5 nitrogen and oxygen atoms in total. The molecule has 0 saturated carbocycles. The Morgan fingerprint density at radius 1 is 1.47 bits per heavy atom. The number of nitrogens with one attached hydrogen (secondary N) is 1. The molecule has 1 saturated heterocycles. The second-order valence-electron chi connectivity index (χ2n) is 5.24. The zero-order valence-electron chi connectivity index (χ0n) is 12.4. The minimum absolute atomic E-state index is 0.231. The van der Waals surface area contributed by atoms with Crippen LogP contribution in [-0.4, -0.2) is 51.6 Å². The number of hydrogen-bond acceptors (Lipinski definition) is 5. The van der Waals surface area contributed by atoms with Gasteiger partial charge in [-0.15, -0.1) is 0 Å². The zero-order chi connectivity index (χ0) is 14.1. The molecule has 1 N–H and O–H groups in total. The Morgan fingerprint density at radius 2 is 2.26 bits per heavy atom. The van der Waals surface area contributed by atoms with E-state index in [9.17, 15) is 4.79 Å². The maximum atomic E-state index is 11.6. The van der Waals surface area contributed by atoms with Crippen molar-refractivity contribution in [1.82, 2.24) is 5.32 Å². The Hall–Kier alpha value is -0.650. The van der Waals surface area contributed by atoms with Gasteiger partial charge in [0.15, 0.2) is 0 Å². The van der Waals surface area contributed by atoms with Gasteiger partial charge in [0.05, 0.1) is 19.8 Å². The summed E-state index contributed by atoms with van der Waals surface area (Å²) >= 11 is 0.